The minimum Gasteiger partial charge on any atom is -0.446 e. The molecule has 3 N–H and O–H groups in total. The molecule has 2 fully saturated rings. The molecule has 2 saturated carbocycles. The van der Waals surface area contributed by atoms with Gasteiger partial charge in [-0.1, -0.05) is 24.3 Å². The SMILES string of the molecule is CC(OC(=O)Nc1ccc(-c2c(N)c3ccc(CCCn4cncn4)cc3n2C2CCC2)cc1)C1CC1. The van der Waals surface area contributed by atoms with E-state index in [2.05, 4.69) is 38.2 Å². The molecule has 2 aromatic carbocycles. The third-order valence-electron chi connectivity index (χ3n) is 7.85. The molecule has 1 atom stereocenters. The molecule has 0 aliphatic heterocycles. The van der Waals surface area contributed by atoms with Crippen molar-refractivity contribution in [3.8, 4) is 11.3 Å². The minimum atomic E-state index is -0.397. The first-order valence-corrected chi connectivity index (χ1v) is 13.4. The average molecular weight is 499 g/mol. The van der Waals surface area contributed by atoms with Gasteiger partial charge in [-0.25, -0.2) is 9.78 Å². The molecule has 2 heterocycles. The topological polar surface area (TPSA) is 100.0 Å². The van der Waals surface area contributed by atoms with Crippen molar-refractivity contribution in [3.63, 3.8) is 0 Å². The number of ether oxygens (including phenoxy) is 1. The number of nitrogen functional groups attached to an aromatic ring is 1. The number of amides is 1. The van der Waals surface area contributed by atoms with Gasteiger partial charge >= 0.3 is 6.09 Å². The van der Waals surface area contributed by atoms with E-state index in [-0.39, 0.29) is 6.10 Å². The zero-order valence-corrected chi connectivity index (χ0v) is 21.3. The Hall–Kier alpha value is -3.81. The third-order valence-corrected chi connectivity index (χ3v) is 7.85. The zero-order chi connectivity index (χ0) is 25.4. The third kappa shape index (κ3) is 4.92. The van der Waals surface area contributed by atoms with Crippen LogP contribution in [0.4, 0.5) is 16.2 Å². The highest BCUT2D eigenvalue weighted by molar-refractivity contribution is 6.01. The second kappa shape index (κ2) is 9.92. The van der Waals surface area contributed by atoms with Gasteiger partial charge in [0.1, 0.15) is 18.8 Å². The molecule has 2 aromatic heterocycles. The fraction of sp³-hybridized carbons (Fsp3) is 0.414. The summed E-state index contributed by atoms with van der Waals surface area (Å²) in [5.41, 5.74) is 12.9. The molecule has 0 bridgehead atoms. The summed E-state index contributed by atoms with van der Waals surface area (Å²) in [6.07, 6.45) is 10.7. The molecular formula is C29H34N6O2. The van der Waals surface area contributed by atoms with Crippen LogP contribution in [0.25, 0.3) is 22.2 Å². The van der Waals surface area contributed by atoms with Crippen molar-refractivity contribution >= 4 is 28.4 Å². The highest BCUT2D eigenvalue weighted by Crippen LogP contribution is 2.44. The predicted octanol–water partition coefficient (Wildman–Crippen LogP) is 6.19. The normalized spacial score (nSPS) is 16.5. The van der Waals surface area contributed by atoms with E-state index in [1.165, 1.54) is 17.5 Å². The van der Waals surface area contributed by atoms with Gasteiger partial charge in [-0.3, -0.25) is 10.00 Å². The Kier molecular flexibility index (Phi) is 6.32. The highest BCUT2D eigenvalue weighted by Gasteiger charge is 2.31. The number of carbonyl (C=O) groups excluding carboxylic acids is 1. The average Bonchev–Trinajstić information content (AvgIpc) is 3.52. The van der Waals surface area contributed by atoms with Crippen LogP contribution in [0, 0.1) is 5.92 Å². The summed E-state index contributed by atoms with van der Waals surface area (Å²) in [5.74, 6) is 0.513. The number of nitrogens with two attached hydrogens (primary N) is 1. The van der Waals surface area contributed by atoms with Gasteiger partial charge in [0, 0.05) is 29.2 Å². The number of hydrogen-bond acceptors (Lipinski definition) is 5. The number of rotatable bonds is 9. The van der Waals surface area contributed by atoms with Gasteiger partial charge in [0.2, 0.25) is 0 Å². The van der Waals surface area contributed by atoms with Crippen LogP contribution in [-0.2, 0) is 17.7 Å². The number of nitrogens with one attached hydrogen (secondary N) is 1. The smallest absolute Gasteiger partial charge is 0.411 e. The predicted molar refractivity (Wildman–Crippen MR) is 145 cm³/mol. The zero-order valence-electron chi connectivity index (χ0n) is 21.3. The lowest BCUT2D eigenvalue weighted by molar-refractivity contribution is 0.108. The van der Waals surface area contributed by atoms with E-state index in [1.807, 2.05) is 35.9 Å². The number of carbonyl (C=O) groups is 1. The van der Waals surface area contributed by atoms with Gasteiger partial charge in [0.15, 0.2) is 0 Å². The summed E-state index contributed by atoms with van der Waals surface area (Å²) in [7, 11) is 0. The molecule has 0 spiro atoms. The summed E-state index contributed by atoms with van der Waals surface area (Å²) >= 11 is 0. The lowest BCUT2D eigenvalue weighted by Crippen LogP contribution is -2.21. The monoisotopic (exact) mass is 498 g/mol. The Morgan fingerprint density at radius 1 is 1.16 bits per heavy atom. The maximum Gasteiger partial charge on any atom is 0.411 e. The van der Waals surface area contributed by atoms with Crippen LogP contribution in [0.5, 0.6) is 0 Å². The van der Waals surface area contributed by atoms with Crippen molar-refractivity contribution in [1.82, 2.24) is 19.3 Å². The molecule has 6 rings (SSSR count). The summed E-state index contributed by atoms with van der Waals surface area (Å²) in [6.45, 7) is 2.81. The quantitative estimate of drug-likeness (QED) is 0.287. The molecule has 0 radical (unpaired) electrons. The second-order valence-electron chi connectivity index (χ2n) is 10.5. The second-order valence-corrected chi connectivity index (χ2v) is 10.5. The van der Waals surface area contributed by atoms with Gasteiger partial charge in [0.25, 0.3) is 0 Å². The fourth-order valence-corrected chi connectivity index (χ4v) is 5.34. The van der Waals surface area contributed by atoms with Crippen molar-refractivity contribution in [2.45, 2.75) is 70.6 Å². The van der Waals surface area contributed by atoms with Crippen LogP contribution in [-0.4, -0.2) is 31.5 Å². The van der Waals surface area contributed by atoms with Crippen molar-refractivity contribution < 1.29 is 9.53 Å². The van der Waals surface area contributed by atoms with Gasteiger partial charge in [-0.15, -0.1) is 0 Å². The van der Waals surface area contributed by atoms with E-state index in [1.54, 1.807) is 12.7 Å². The number of anilines is 2. The van der Waals surface area contributed by atoms with Gasteiger partial charge in [-0.05, 0) is 81.5 Å². The number of fused-ring (bicyclic) bond motifs is 1. The molecular weight excluding hydrogens is 464 g/mol. The largest absolute Gasteiger partial charge is 0.446 e. The van der Waals surface area contributed by atoms with Crippen LogP contribution in [0.1, 0.15) is 57.1 Å². The molecule has 1 unspecified atom stereocenters. The van der Waals surface area contributed by atoms with E-state index >= 15 is 0 Å². The maximum atomic E-state index is 12.3. The number of hydrogen-bond donors (Lipinski definition) is 2. The molecule has 192 valence electrons. The van der Waals surface area contributed by atoms with Gasteiger partial charge in [0.05, 0.1) is 16.9 Å². The van der Waals surface area contributed by atoms with Crippen molar-refractivity contribution in [1.29, 1.82) is 0 Å². The molecule has 37 heavy (non-hydrogen) atoms. The lowest BCUT2D eigenvalue weighted by atomic mass is 9.92. The summed E-state index contributed by atoms with van der Waals surface area (Å²) in [4.78, 5) is 16.3. The van der Waals surface area contributed by atoms with Crippen LogP contribution in [0.15, 0.2) is 55.1 Å². The van der Waals surface area contributed by atoms with Gasteiger partial charge < -0.3 is 15.0 Å². The Bertz CT molecular complexity index is 1380. The number of aryl methyl sites for hydroxylation is 2. The van der Waals surface area contributed by atoms with Crippen LogP contribution in [0.2, 0.25) is 0 Å². The molecule has 2 aliphatic rings. The lowest BCUT2D eigenvalue weighted by Gasteiger charge is -2.30. The van der Waals surface area contributed by atoms with Gasteiger partial charge in [-0.2, -0.15) is 5.10 Å². The summed E-state index contributed by atoms with van der Waals surface area (Å²) in [5, 5.41) is 8.16. The molecule has 2 aliphatic carbocycles. The van der Waals surface area contributed by atoms with Crippen molar-refractivity contribution in [3.05, 3.63) is 60.7 Å². The van der Waals surface area contributed by atoms with E-state index < -0.39 is 6.09 Å². The summed E-state index contributed by atoms with van der Waals surface area (Å²) < 4.78 is 9.82. The van der Waals surface area contributed by atoms with Crippen LogP contribution < -0.4 is 11.1 Å². The van der Waals surface area contributed by atoms with E-state index in [0.717, 1.165) is 73.1 Å². The number of nitrogens with zero attached hydrogens (tertiary/aromatic N) is 4. The van der Waals surface area contributed by atoms with Crippen LogP contribution in [0.3, 0.4) is 0 Å². The maximum absolute atomic E-state index is 12.3. The highest BCUT2D eigenvalue weighted by atomic mass is 16.6. The first kappa shape index (κ1) is 23.6. The van der Waals surface area contributed by atoms with Crippen LogP contribution >= 0.6 is 0 Å². The van der Waals surface area contributed by atoms with E-state index in [4.69, 9.17) is 10.5 Å². The van der Waals surface area contributed by atoms with E-state index in [9.17, 15) is 4.79 Å². The Balaban J connectivity index is 1.24. The number of benzene rings is 2. The first-order chi connectivity index (χ1) is 18.1. The molecule has 4 aromatic rings. The van der Waals surface area contributed by atoms with Crippen molar-refractivity contribution in [2.75, 3.05) is 11.1 Å². The minimum absolute atomic E-state index is 0.0373. The van der Waals surface area contributed by atoms with Crippen molar-refractivity contribution in [2.24, 2.45) is 5.92 Å². The van der Waals surface area contributed by atoms with E-state index in [0.29, 0.717) is 12.0 Å². The summed E-state index contributed by atoms with van der Waals surface area (Å²) in [6, 6.07) is 15.1. The molecule has 8 heteroatoms. The molecule has 1 amide bonds. The standard InChI is InChI=1S/C29H34N6O2/c1-19(21-8-9-21)37-29(36)33-23-12-10-22(11-13-23)28-27(30)25-14-7-20(4-3-15-34-18-31-17-32-34)16-26(25)35(28)24-5-2-6-24/h7,10-14,16-19,21,24H,2-6,8-9,15,30H2,1H3,(H,33,36). The Morgan fingerprint density at radius 2 is 1.97 bits per heavy atom. The molecule has 8 nitrogen and oxygen atoms in total. The fourth-order valence-electron chi connectivity index (χ4n) is 5.34. The molecule has 0 saturated heterocycles. The Labute approximate surface area is 216 Å². The Morgan fingerprint density at radius 3 is 2.65 bits per heavy atom. The first-order valence-electron chi connectivity index (χ1n) is 13.4. The number of aromatic nitrogens is 4.